The highest BCUT2D eigenvalue weighted by Gasteiger charge is 2.24. The van der Waals surface area contributed by atoms with Gasteiger partial charge in [-0.25, -0.2) is 0 Å². The van der Waals surface area contributed by atoms with Crippen LogP contribution in [0.25, 0.3) is 0 Å². The highest BCUT2D eigenvalue weighted by molar-refractivity contribution is 5.85. The van der Waals surface area contributed by atoms with Crippen LogP contribution in [0, 0.1) is 41.5 Å². The lowest BCUT2D eigenvalue weighted by atomic mass is 10.0. The van der Waals surface area contributed by atoms with Gasteiger partial charge in [0, 0.05) is 11.1 Å². The number of nitrogens with zero attached hydrogens (tertiary/aromatic N) is 1. The van der Waals surface area contributed by atoms with Gasteiger partial charge in [-0.3, -0.25) is 0 Å². The molecule has 4 rings (SSSR count). The molecule has 0 saturated heterocycles. The van der Waals surface area contributed by atoms with Gasteiger partial charge in [0.05, 0.1) is 17.1 Å². The largest absolute Gasteiger partial charge is 0.508 e. The number of anilines is 3. The van der Waals surface area contributed by atoms with Crippen LogP contribution in [-0.4, -0.2) is 15.3 Å². The number of benzene rings is 4. The Hall–Kier alpha value is -4.12. The number of rotatable bonds is 5. The third-order valence-electron chi connectivity index (χ3n) is 6.19. The normalized spacial score (nSPS) is 10.9. The minimum Gasteiger partial charge on any atom is -0.508 e. The highest BCUT2D eigenvalue weighted by Crippen LogP contribution is 2.48. The lowest BCUT2D eigenvalue weighted by molar-refractivity contribution is 0.409. The standard InChI is InChI=1S/C30H31NO4/c1-17-11-20(4)30(28(34)16-17)35-29-10-8-7-9-23(29)31(24-12-18(2)14-26(32)21(24)5)25-13-19(3)15-27(33)22(25)6/h7-16,32-34H,1-6H3. The lowest BCUT2D eigenvalue weighted by Gasteiger charge is -2.31. The average Bonchev–Trinajstić information content (AvgIpc) is 2.78. The molecule has 0 aromatic heterocycles. The summed E-state index contributed by atoms with van der Waals surface area (Å²) in [6.07, 6.45) is 0. The van der Waals surface area contributed by atoms with Crippen LogP contribution < -0.4 is 9.64 Å². The van der Waals surface area contributed by atoms with Gasteiger partial charge in [-0.05, 0) is 106 Å². The number of hydrogen-bond acceptors (Lipinski definition) is 5. The second kappa shape index (κ2) is 9.26. The van der Waals surface area contributed by atoms with Crippen molar-refractivity contribution in [3.05, 3.63) is 94.0 Å². The van der Waals surface area contributed by atoms with E-state index in [0.717, 1.165) is 33.6 Å². The number of hydrogen-bond donors (Lipinski definition) is 3. The lowest BCUT2D eigenvalue weighted by Crippen LogP contribution is -2.14. The third-order valence-corrected chi connectivity index (χ3v) is 6.19. The fourth-order valence-electron chi connectivity index (χ4n) is 4.40. The molecule has 0 fully saturated rings. The van der Waals surface area contributed by atoms with Crippen molar-refractivity contribution in [2.75, 3.05) is 4.90 Å². The summed E-state index contributed by atoms with van der Waals surface area (Å²) in [5.74, 6) is 1.35. The summed E-state index contributed by atoms with van der Waals surface area (Å²) in [6.45, 7) is 11.4. The zero-order valence-corrected chi connectivity index (χ0v) is 21.0. The first kappa shape index (κ1) is 24.0. The Balaban J connectivity index is 2.00. The van der Waals surface area contributed by atoms with E-state index in [1.807, 2.05) is 88.9 Å². The predicted molar refractivity (Wildman–Crippen MR) is 141 cm³/mol. The number of phenolic OH excluding ortho intramolecular Hbond substituents is 3. The van der Waals surface area contributed by atoms with Gasteiger partial charge in [0.15, 0.2) is 17.2 Å². The van der Waals surface area contributed by atoms with E-state index in [9.17, 15) is 15.3 Å². The topological polar surface area (TPSA) is 73.2 Å². The second-order valence-corrected chi connectivity index (χ2v) is 9.19. The molecule has 0 aliphatic rings. The molecule has 35 heavy (non-hydrogen) atoms. The molecule has 0 aliphatic carbocycles. The van der Waals surface area contributed by atoms with Crippen molar-refractivity contribution in [1.29, 1.82) is 0 Å². The summed E-state index contributed by atoms with van der Waals surface area (Å²) in [4.78, 5) is 1.99. The molecule has 0 saturated carbocycles. The van der Waals surface area contributed by atoms with Crippen LogP contribution in [0.4, 0.5) is 17.1 Å². The van der Waals surface area contributed by atoms with Gasteiger partial charge in [-0.2, -0.15) is 0 Å². The van der Waals surface area contributed by atoms with Crippen molar-refractivity contribution in [2.45, 2.75) is 41.5 Å². The summed E-state index contributed by atoms with van der Waals surface area (Å²) < 4.78 is 6.33. The van der Waals surface area contributed by atoms with Crippen LogP contribution in [0.15, 0.2) is 60.7 Å². The van der Waals surface area contributed by atoms with Crippen molar-refractivity contribution in [3.63, 3.8) is 0 Å². The Bertz CT molecular complexity index is 1340. The molecule has 5 nitrogen and oxygen atoms in total. The van der Waals surface area contributed by atoms with E-state index in [-0.39, 0.29) is 17.2 Å². The fraction of sp³-hybridized carbons (Fsp3) is 0.200. The van der Waals surface area contributed by atoms with Gasteiger partial charge in [0.25, 0.3) is 0 Å². The second-order valence-electron chi connectivity index (χ2n) is 9.19. The van der Waals surface area contributed by atoms with Crippen molar-refractivity contribution in [1.82, 2.24) is 0 Å². The van der Waals surface area contributed by atoms with Gasteiger partial charge in [-0.1, -0.05) is 18.2 Å². The zero-order valence-electron chi connectivity index (χ0n) is 21.0. The van der Waals surface area contributed by atoms with Crippen LogP contribution in [0.3, 0.4) is 0 Å². The first-order valence-electron chi connectivity index (χ1n) is 11.5. The molecule has 4 aromatic carbocycles. The quantitative estimate of drug-likeness (QED) is 0.277. The van der Waals surface area contributed by atoms with E-state index in [2.05, 4.69) is 0 Å². The van der Waals surface area contributed by atoms with E-state index >= 15 is 0 Å². The van der Waals surface area contributed by atoms with Gasteiger partial charge >= 0.3 is 0 Å². The molecule has 180 valence electrons. The molecule has 0 amide bonds. The van der Waals surface area contributed by atoms with Crippen molar-refractivity contribution in [2.24, 2.45) is 0 Å². The van der Waals surface area contributed by atoms with Crippen molar-refractivity contribution >= 4 is 17.1 Å². The summed E-state index contributed by atoms with van der Waals surface area (Å²) in [5, 5.41) is 32.0. The molecule has 0 unspecified atom stereocenters. The predicted octanol–water partition coefficient (Wildman–Crippen LogP) is 7.92. The van der Waals surface area contributed by atoms with Crippen LogP contribution >= 0.6 is 0 Å². The van der Waals surface area contributed by atoms with Crippen LogP contribution in [0.1, 0.15) is 33.4 Å². The molecule has 0 radical (unpaired) electrons. The van der Waals surface area contributed by atoms with E-state index < -0.39 is 0 Å². The first-order chi connectivity index (χ1) is 16.6. The summed E-state index contributed by atoms with van der Waals surface area (Å²) in [7, 11) is 0. The van der Waals surface area contributed by atoms with Gasteiger partial charge in [-0.15, -0.1) is 0 Å². The Morgan fingerprint density at radius 3 is 1.60 bits per heavy atom. The van der Waals surface area contributed by atoms with Gasteiger partial charge < -0.3 is 25.0 Å². The Morgan fingerprint density at radius 1 is 0.571 bits per heavy atom. The number of phenols is 3. The smallest absolute Gasteiger partial charge is 0.172 e. The maximum absolute atomic E-state index is 10.7. The molecule has 0 bridgehead atoms. The zero-order chi connectivity index (χ0) is 25.4. The Labute approximate surface area is 206 Å². The van der Waals surface area contributed by atoms with Crippen LogP contribution in [-0.2, 0) is 0 Å². The molecular formula is C30H31NO4. The summed E-state index contributed by atoms with van der Waals surface area (Å²) in [5.41, 5.74) is 7.17. The highest BCUT2D eigenvalue weighted by atomic mass is 16.5. The monoisotopic (exact) mass is 469 g/mol. The maximum Gasteiger partial charge on any atom is 0.172 e. The molecule has 0 spiro atoms. The summed E-state index contributed by atoms with van der Waals surface area (Å²) in [6, 6.07) is 18.6. The molecule has 0 heterocycles. The SMILES string of the molecule is Cc1cc(C)c(Oc2ccccc2N(c2cc(C)cc(O)c2C)c2cc(C)cc(O)c2C)c(O)c1. The molecule has 0 aliphatic heterocycles. The number of para-hydroxylation sites is 2. The first-order valence-corrected chi connectivity index (χ1v) is 11.5. The number of aryl methyl sites for hydroxylation is 4. The summed E-state index contributed by atoms with van der Waals surface area (Å²) >= 11 is 0. The maximum atomic E-state index is 10.7. The van der Waals surface area contributed by atoms with E-state index in [0.29, 0.717) is 28.3 Å². The molecular weight excluding hydrogens is 438 g/mol. The van der Waals surface area contributed by atoms with Gasteiger partial charge in [0.2, 0.25) is 0 Å². The van der Waals surface area contributed by atoms with Crippen LogP contribution in [0.2, 0.25) is 0 Å². The third kappa shape index (κ3) is 4.62. The minimum absolute atomic E-state index is 0.0672. The fourth-order valence-corrected chi connectivity index (χ4v) is 4.40. The van der Waals surface area contributed by atoms with Crippen molar-refractivity contribution < 1.29 is 20.1 Å². The Morgan fingerprint density at radius 2 is 1.06 bits per heavy atom. The van der Waals surface area contributed by atoms with E-state index in [1.54, 1.807) is 18.2 Å². The number of aromatic hydroxyl groups is 3. The molecule has 4 aromatic rings. The Kier molecular flexibility index (Phi) is 6.35. The molecule has 3 N–H and O–H groups in total. The van der Waals surface area contributed by atoms with Crippen LogP contribution in [0.5, 0.6) is 28.7 Å². The molecule has 0 atom stereocenters. The average molecular weight is 470 g/mol. The van der Waals surface area contributed by atoms with E-state index in [1.165, 1.54) is 0 Å². The minimum atomic E-state index is 0.0672. The van der Waals surface area contributed by atoms with Crippen molar-refractivity contribution in [3.8, 4) is 28.7 Å². The number of ether oxygens (including phenoxy) is 1. The molecule has 5 heteroatoms. The van der Waals surface area contributed by atoms with E-state index in [4.69, 9.17) is 4.74 Å². The van der Waals surface area contributed by atoms with Gasteiger partial charge in [0.1, 0.15) is 11.5 Å².